The zero-order chi connectivity index (χ0) is 17.4. The third-order valence-corrected chi connectivity index (χ3v) is 3.81. The molecular formula is C20H24N2O2. The summed E-state index contributed by atoms with van der Waals surface area (Å²) in [4.78, 5) is 26.4. The Morgan fingerprint density at radius 2 is 1.54 bits per heavy atom. The maximum Gasteiger partial charge on any atom is 0.254 e. The van der Waals surface area contributed by atoms with Crippen molar-refractivity contribution in [2.24, 2.45) is 0 Å². The van der Waals surface area contributed by atoms with Gasteiger partial charge in [0.15, 0.2) is 0 Å². The number of carbonyl (C=O) groups excluding carboxylic acids is 2. The molecule has 0 fully saturated rings. The SMILES string of the molecule is CCCNC(=O)c1ccc(C(=O)N(CC)Cc2ccccc2)cc1. The van der Waals surface area contributed by atoms with Gasteiger partial charge in [-0.25, -0.2) is 0 Å². The molecule has 0 aliphatic heterocycles. The molecular weight excluding hydrogens is 300 g/mol. The van der Waals surface area contributed by atoms with E-state index in [9.17, 15) is 9.59 Å². The van der Waals surface area contributed by atoms with Gasteiger partial charge in [-0.1, -0.05) is 37.3 Å². The standard InChI is InChI=1S/C20H24N2O2/c1-3-14-21-19(23)17-10-12-18(13-11-17)20(24)22(4-2)15-16-8-6-5-7-9-16/h5-13H,3-4,14-15H2,1-2H3,(H,21,23). The van der Waals surface area contributed by atoms with Gasteiger partial charge in [0.05, 0.1) is 0 Å². The van der Waals surface area contributed by atoms with Gasteiger partial charge in [-0.3, -0.25) is 9.59 Å². The minimum Gasteiger partial charge on any atom is -0.352 e. The molecule has 0 spiro atoms. The lowest BCUT2D eigenvalue weighted by molar-refractivity contribution is 0.0752. The molecule has 0 radical (unpaired) electrons. The van der Waals surface area contributed by atoms with Crippen LogP contribution in [0.2, 0.25) is 0 Å². The fourth-order valence-corrected chi connectivity index (χ4v) is 2.42. The van der Waals surface area contributed by atoms with E-state index in [4.69, 9.17) is 0 Å². The molecule has 0 bridgehead atoms. The molecule has 0 aliphatic carbocycles. The number of carbonyl (C=O) groups is 2. The van der Waals surface area contributed by atoms with Crippen LogP contribution in [0.5, 0.6) is 0 Å². The van der Waals surface area contributed by atoms with Crippen LogP contribution in [0.3, 0.4) is 0 Å². The first-order valence-corrected chi connectivity index (χ1v) is 8.37. The third-order valence-electron chi connectivity index (χ3n) is 3.81. The molecule has 1 N–H and O–H groups in total. The van der Waals surface area contributed by atoms with Crippen molar-refractivity contribution in [2.75, 3.05) is 13.1 Å². The summed E-state index contributed by atoms with van der Waals surface area (Å²) in [7, 11) is 0. The highest BCUT2D eigenvalue weighted by Crippen LogP contribution is 2.11. The number of nitrogens with zero attached hydrogens (tertiary/aromatic N) is 1. The Morgan fingerprint density at radius 1 is 0.917 bits per heavy atom. The molecule has 0 saturated heterocycles. The average Bonchev–Trinajstić information content (AvgIpc) is 2.64. The van der Waals surface area contributed by atoms with Crippen molar-refractivity contribution in [3.63, 3.8) is 0 Å². The smallest absolute Gasteiger partial charge is 0.254 e. The summed E-state index contributed by atoms with van der Waals surface area (Å²) in [5, 5.41) is 2.83. The van der Waals surface area contributed by atoms with E-state index in [0.29, 0.717) is 30.8 Å². The third kappa shape index (κ3) is 4.69. The Hall–Kier alpha value is -2.62. The summed E-state index contributed by atoms with van der Waals surface area (Å²) in [6, 6.07) is 16.8. The first-order chi connectivity index (χ1) is 11.7. The lowest BCUT2D eigenvalue weighted by Crippen LogP contribution is -2.30. The van der Waals surface area contributed by atoms with Crippen LogP contribution < -0.4 is 5.32 Å². The van der Waals surface area contributed by atoms with Crippen LogP contribution in [0.25, 0.3) is 0 Å². The van der Waals surface area contributed by atoms with Crippen molar-refractivity contribution < 1.29 is 9.59 Å². The molecule has 0 atom stereocenters. The van der Waals surface area contributed by atoms with E-state index >= 15 is 0 Å². The van der Waals surface area contributed by atoms with Crippen molar-refractivity contribution in [1.29, 1.82) is 0 Å². The Labute approximate surface area is 143 Å². The second kappa shape index (κ2) is 8.87. The first kappa shape index (κ1) is 17.7. The Balaban J connectivity index is 2.06. The minimum absolute atomic E-state index is 0.0260. The molecule has 0 aromatic heterocycles. The fourth-order valence-electron chi connectivity index (χ4n) is 2.42. The second-order valence-electron chi connectivity index (χ2n) is 5.64. The average molecular weight is 324 g/mol. The minimum atomic E-state index is -0.104. The van der Waals surface area contributed by atoms with E-state index in [0.717, 1.165) is 12.0 Å². The maximum atomic E-state index is 12.7. The zero-order valence-electron chi connectivity index (χ0n) is 14.3. The van der Waals surface area contributed by atoms with Crippen molar-refractivity contribution in [1.82, 2.24) is 10.2 Å². The molecule has 4 nitrogen and oxygen atoms in total. The number of hydrogen-bond donors (Lipinski definition) is 1. The molecule has 0 heterocycles. The van der Waals surface area contributed by atoms with Crippen LogP contribution in [0.4, 0.5) is 0 Å². The van der Waals surface area contributed by atoms with Crippen molar-refractivity contribution in [3.05, 3.63) is 71.3 Å². The van der Waals surface area contributed by atoms with Crippen LogP contribution >= 0.6 is 0 Å². The highest BCUT2D eigenvalue weighted by Gasteiger charge is 2.15. The van der Waals surface area contributed by atoms with E-state index in [2.05, 4.69) is 5.32 Å². The number of amides is 2. The Kier molecular flexibility index (Phi) is 6.55. The van der Waals surface area contributed by atoms with Gasteiger partial charge in [-0.2, -0.15) is 0 Å². The van der Waals surface area contributed by atoms with Gasteiger partial charge in [-0.15, -0.1) is 0 Å². The van der Waals surface area contributed by atoms with E-state index in [1.54, 1.807) is 29.2 Å². The number of hydrogen-bond acceptors (Lipinski definition) is 2. The number of benzene rings is 2. The van der Waals surface area contributed by atoms with Gasteiger partial charge in [0.25, 0.3) is 11.8 Å². The van der Waals surface area contributed by atoms with Gasteiger partial charge in [0.2, 0.25) is 0 Å². The summed E-state index contributed by atoms with van der Waals surface area (Å²) in [6.45, 7) is 5.84. The molecule has 4 heteroatoms. The molecule has 0 saturated carbocycles. The maximum absolute atomic E-state index is 12.7. The molecule has 0 unspecified atom stereocenters. The highest BCUT2D eigenvalue weighted by atomic mass is 16.2. The quantitative estimate of drug-likeness (QED) is 0.847. The van der Waals surface area contributed by atoms with Crippen molar-refractivity contribution >= 4 is 11.8 Å². The van der Waals surface area contributed by atoms with Gasteiger partial charge in [0, 0.05) is 30.8 Å². The van der Waals surface area contributed by atoms with E-state index in [1.165, 1.54) is 0 Å². The molecule has 2 rings (SSSR count). The normalized spacial score (nSPS) is 10.2. The Morgan fingerprint density at radius 3 is 2.12 bits per heavy atom. The number of nitrogens with one attached hydrogen (secondary N) is 1. The van der Waals surface area contributed by atoms with Crippen LogP contribution in [-0.2, 0) is 6.54 Å². The van der Waals surface area contributed by atoms with Crippen LogP contribution in [-0.4, -0.2) is 29.8 Å². The summed E-state index contributed by atoms with van der Waals surface area (Å²) < 4.78 is 0. The largest absolute Gasteiger partial charge is 0.352 e. The topological polar surface area (TPSA) is 49.4 Å². The van der Waals surface area contributed by atoms with E-state index in [1.807, 2.05) is 44.2 Å². The molecule has 2 amide bonds. The Bertz CT molecular complexity index is 666. The molecule has 24 heavy (non-hydrogen) atoms. The lowest BCUT2D eigenvalue weighted by atomic mass is 10.1. The van der Waals surface area contributed by atoms with Gasteiger partial charge >= 0.3 is 0 Å². The highest BCUT2D eigenvalue weighted by molar-refractivity contribution is 5.97. The fraction of sp³-hybridized carbons (Fsp3) is 0.300. The van der Waals surface area contributed by atoms with E-state index in [-0.39, 0.29) is 11.8 Å². The first-order valence-electron chi connectivity index (χ1n) is 8.37. The molecule has 126 valence electrons. The summed E-state index contributed by atoms with van der Waals surface area (Å²) in [5.41, 5.74) is 2.27. The lowest BCUT2D eigenvalue weighted by Gasteiger charge is -2.21. The van der Waals surface area contributed by atoms with Gasteiger partial charge in [0.1, 0.15) is 0 Å². The molecule has 2 aromatic carbocycles. The predicted molar refractivity (Wildman–Crippen MR) is 95.9 cm³/mol. The number of rotatable bonds is 7. The summed E-state index contributed by atoms with van der Waals surface area (Å²) >= 11 is 0. The van der Waals surface area contributed by atoms with Crippen LogP contribution in [0.1, 0.15) is 46.5 Å². The summed E-state index contributed by atoms with van der Waals surface area (Å²) in [6.07, 6.45) is 0.896. The summed E-state index contributed by atoms with van der Waals surface area (Å²) in [5.74, 6) is -0.130. The molecule has 2 aromatic rings. The molecule has 0 aliphatic rings. The van der Waals surface area contributed by atoms with Gasteiger partial charge < -0.3 is 10.2 Å². The second-order valence-corrected chi connectivity index (χ2v) is 5.64. The van der Waals surface area contributed by atoms with E-state index < -0.39 is 0 Å². The van der Waals surface area contributed by atoms with Crippen molar-refractivity contribution in [3.8, 4) is 0 Å². The van der Waals surface area contributed by atoms with Crippen LogP contribution in [0, 0.1) is 0 Å². The van der Waals surface area contributed by atoms with Gasteiger partial charge in [-0.05, 0) is 43.2 Å². The predicted octanol–water partition coefficient (Wildman–Crippen LogP) is 3.49. The monoisotopic (exact) mass is 324 g/mol. The zero-order valence-corrected chi connectivity index (χ0v) is 14.3. The van der Waals surface area contributed by atoms with Crippen molar-refractivity contribution in [2.45, 2.75) is 26.8 Å². The van der Waals surface area contributed by atoms with Crippen LogP contribution in [0.15, 0.2) is 54.6 Å².